The first-order valence-corrected chi connectivity index (χ1v) is 11.5. The molecular formula is C27H28F4NO2P. The summed E-state index contributed by atoms with van der Waals surface area (Å²) in [5.74, 6) is -7.85. The third-order valence-electron chi connectivity index (χ3n) is 5.49. The Morgan fingerprint density at radius 1 is 0.857 bits per heavy atom. The van der Waals surface area contributed by atoms with Crippen molar-refractivity contribution >= 4 is 26.4 Å². The van der Waals surface area contributed by atoms with Gasteiger partial charge in [-0.25, -0.2) is 13.2 Å². The molecule has 0 bridgehead atoms. The molecule has 3 aromatic rings. The van der Waals surface area contributed by atoms with E-state index in [4.69, 9.17) is 4.74 Å². The predicted octanol–water partition coefficient (Wildman–Crippen LogP) is 7.59. The Morgan fingerprint density at radius 2 is 1.46 bits per heavy atom. The van der Waals surface area contributed by atoms with Gasteiger partial charge in [-0.3, -0.25) is 4.99 Å². The lowest BCUT2D eigenvalue weighted by Gasteiger charge is -2.27. The van der Waals surface area contributed by atoms with E-state index in [1.165, 1.54) is 12.3 Å². The van der Waals surface area contributed by atoms with Crippen LogP contribution in [0.25, 0.3) is 0 Å². The van der Waals surface area contributed by atoms with Crippen molar-refractivity contribution < 1.29 is 27.4 Å². The molecule has 35 heavy (non-hydrogen) atoms. The first-order valence-electron chi connectivity index (χ1n) is 10.9. The van der Waals surface area contributed by atoms with Crippen molar-refractivity contribution in [1.82, 2.24) is 0 Å². The molecule has 1 atom stereocenters. The number of aliphatic imine (C=N–C) groups is 1. The zero-order valence-electron chi connectivity index (χ0n) is 20.4. The van der Waals surface area contributed by atoms with Gasteiger partial charge in [0.2, 0.25) is 11.6 Å². The highest BCUT2D eigenvalue weighted by molar-refractivity contribution is 7.27. The highest BCUT2D eigenvalue weighted by Gasteiger charge is 2.26. The van der Waals surface area contributed by atoms with Crippen LogP contribution in [0.5, 0.6) is 17.2 Å². The molecule has 0 aliphatic carbocycles. The van der Waals surface area contributed by atoms with Crippen LogP contribution in [0.1, 0.15) is 58.2 Å². The highest BCUT2D eigenvalue weighted by atomic mass is 31.0. The summed E-state index contributed by atoms with van der Waals surface area (Å²) in [6, 6.07) is 10.0. The number of aromatic hydroxyl groups is 1. The zero-order chi connectivity index (χ0) is 26.3. The number of rotatable bonds is 4. The first kappa shape index (κ1) is 26.7. The molecule has 0 aliphatic heterocycles. The van der Waals surface area contributed by atoms with Crippen molar-refractivity contribution in [3.63, 3.8) is 0 Å². The summed E-state index contributed by atoms with van der Waals surface area (Å²) in [5, 5.41) is 10.4. The maximum absolute atomic E-state index is 14.3. The second kappa shape index (κ2) is 9.62. The molecule has 3 aromatic carbocycles. The van der Waals surface area contributed by atoms with Gasteiger partial charge in [0.05, 0.1) is 5.30 Å². The van der Waals surface area contributed by atoms with Gasteiger partial charge in [-0.05, 0) is 34.6 Å². The van der Waals surface area contributed by atoms with E-state index in [0.717, 1.165) is 11.1 Å². The topological polar surface area (TPSA) is 41.8 Å². The molecule has 0 saturated carbocycles. The number of hydrogen-bond donors (Lipinski definition) is 1. The van der Waals surface area contributed by atoms with Crippen molar-refractivity contribution in [2.24, 2.45) is 4.99 Å². The smallest absolute Gasteiger partial charge is 0.205 e. The van der Waals surface area contributed by atoms with Crippen LogP contribution >= 0.6 is 9.24 Å². The molecule has 186 valence electrons. The van der Waals surface area contributed by atoms with Crippen molar-refractivity contribution in [3.05, 3.63) is 76.4 Å². The minimum absolute atomic E-state index is 0.0146. The fraction of sp³-hybridized carbons (Fsp3) is 0.296. The number of ether oxygens (including phenoxy) is 1. The van der Waals surface area contributed by atoms with E-state index in [1.54, 1.807) is 18.2 Å². The van der Waals surface area contributed by atoms with Gasteiger partial charge >= 0.3 is 0 Å². The molecule has 0 aliphatic rings. The average Bonchev–Trinajstić information content (AvgIpc) is 2.77. The highest BCUT2D eigenvalue weighted by Crippen LogP contribution is 2.38. The molecule has 0 heterocycles. The number of benzene rings is 3. The molecule has 3 nitrogen and oxygen atoms in total. The molecule has 0 radical (unpaired) electrons. The third-order valence-corrected chi connectivity index (χ3v) is 6.01. The molecule has 0 saturated heterocycles. The van der Waals surface area contributed by atoms with Crippen LogP contribution in [-0.4, -0.2) is 11.3 Å². The maximum Gasteiger partial charge on any atom is 0.205 e. The molecular weight excluding hydrogens is 477 g/mol. The van der Waals surface area contributed by atoms with Crippen LogP contribution in [0, 0.1) is 23.3 Å². The van der Waals surface area contributed by atoms with Crippen LogP contribution < -0.4 is 10.0 Å². The largest absolute Gasteiger partial charge is 0.507 e. The monoisotopic (exact) mass is 505 g/mol. The SMILES string of the molecule is CC(C)(C)c1cc(C=Nc2ccccc2Oc2c(F)c(F)c(F)c(F)c2P)c(O)c(C(C)(C)C)c1. The van der Waals surface area contributed by atoms with Gasteiger partial charge < -0.3 is 9.84 Å². The van der Waals surface area contributed by atoms with E-state index in [2.05, 4.69) is 25.8 Å². The van der Waals surface area contributed by atoms with Gasteiger partial charge in [0.25, 0.3) is 0 Å². The van der Waals surface area contributed by atoms with Crippen LogP contribution in [0.2, 0.25) is 0 Å². The lowest BCUT2D eigenvalue weighted by atomic mass is 9.79. The Balaban J connectivity index is 2.09. The van der Waals surface area contributed by atoms with Crippen LogP contribution in [0.15, 0.2) is 41.4 Å². The number of halogens is 4. The van der Waals surface area contributed by atoms with E-state index in [9.17, 15) is 22.7 Å². The Hall–Kier alpha value is -2.92. The van der Waals surface area contributed by atoms with Crippen LogP contribution in [0.3, 0.4) is 0 Å². The summed E-state index contributed by atoms with van der Waals surface area (Å²) in [6.45, 7) is 12.2. The number of phenolic OH excluding ortho intramolecular Hbond substituents is 1. The van der Waals surface area contributed by atoms with Gasteiger partial charge in [0.15, 0.2) is 23.1 Å². The van der Waals surface area contributed by atoms with Crippen molar-refractivity contribution in [3.8, 4) is 17.2 Å². The Labute approximate surface area is 205 Å². The number of para-hydroxylation sites is 2. The van der Waals surface area contributed by atoms with E-state index in [-0.39, 0.29) is 28.0 Å². The summed E-state index contributed by atoms with van der Waals surface area (Å²) in [4.78, 5) is 4.40. The molecule has 1 unspecified atom stereocenters. The second-order valence-corrected chi connectivity index (χ2v) is 10.9. The fourth-order valence-corrected chi connectivity index (χ4v) is 3.70. The first-order chi connectivity index (χ1) is 16.1. The Bertz CT molecular complexity index is 1280. The lowest BCUT2D eigenvalue weighted by molar-refractivity contribution is 0.377. The summed E-state index contributed by atoms with van der Waals surface area (Å²) in [7, 11) is 1.81. The van der Waals surface area contributed by atoms with Gasteiger partial charge in [-0.1, -0.05) is 69.0 Å². The van der Waals surface area contributed by atoms with Gasteiger partial charge in [-0.2, -0.15) is 4.39 Å². The van der Waals surface area contributed by atoms with Crippen molar-refractivity contribution in [2.75, 3.05) is 0 Å². The average molecular weight is 505 g/mol. The molecule has 0 aromatic heterocycles. The van der Waals surface area contributed by atoms with Crippen molar-refractivity contribution in [1.29, 1.82) is 0 Å². The van der Waals surface area contributed by atoms with Crippen molar-refractivity contribution in [2.45, 2.75) is 52.4 Å². The number of phenols is 1. The minimum Gasteiger partial charge on any atom is -0.507 e. The minimum atomic E-state index is -1.97. The molecule has 1 N–H and O–H groups in total. The molecule has 0 fully saturated rings. The normalized spacial score (nSPS) is 12.4. The zero-order valence-corrected chi connectivity index (χ0v) is 21.6. The summed E-state index contributed by atoms with van der Waals surface area (Å²) < 4.78 is 61.1. The standard InChI is InChI=1S/C27H28F4NO2P/c1-26(2,3)15-11-14(23(33)16(12-15)27(4,5)6)13-32-17-9-7-8-10-18(17)34-24-21(30)19(28)20(29)22(31)25(24)35/h7-13,33H,35H2,1-6H3. The van der Waals surface area contributed by atoms with Gasteiger partial charge in [0, 0.05) is 17.3 Å². The number of nitrogens with zero attached hydrogens (tertiary/aromatic N) is 1. The maximum atomic E-state index is 14.3. The summed E-state index contributed by atoms with van der Waals surface area (Å²) >= 11 is 0. The Morgan fingerprint density at radius 3 is 2.06 bits per heavy atom. The second-order valence-electron chi connectivity index (χ2n) is 10.3. The van der Waals surface area contributed by atoms with E-state index in [0.29, 0.717) is 5.56 Å². The summed E-state index contributed by atoms with van der Waals surface area (Å²) in [5.41, 5.74) is 1.90. The molecule has 8 heteroatoms. The fourth-order valence-electron chi connectivity index (χ4n) is 3.39. The number of hydrogen-bond acceptors (Lipinski definition) is 3. The van der Waals surface area contributed by atoms with E-state index in [1.807, 2.05) is 42.1 Å². The molecule has 0 spiro atoms. The quantitative estimate of drug-likeness (QED) is 0.131. The third kappa shape index (κ3) is 5.51. The van der Waals surface area contributed by atoms with Gasteiger partial charge in [0.1, 0.15) is 11.4 Å². The summed E-state index contributed by atoms with van der Waals surface area (Å²) in [6.07, 6.45) is 1.45. The van der Waals surface area contributed by atoms with E-state index < -0.39 is 34.3 Å². The van der Waals surface area contributed by atoms with Gasteiger partial charge in [-0.15, -0.1) is 0 Å². The predicted molar refractivity (Wildman–Crippen MR) is 135 cm³/mol. The van der Waals surface area contributed by atoms with Crippen LogP contribution in [0.4, 0.5) is 23.2 Å². The molecule has 3 rings (SSSR count). The molecule has 0 amide bonds. The van der Waals surface area contributed by atoms with Crippen LogP contribution in [-0.2, 0) is 10.8 Å². The van der Waals surface area contributed by atoms with E-state index >= 15 is 0 Å². The lowest BCUT2D eigenvalue weighted by Crippen LogP contribution is -2.17. The Kier molecular flexibility index (Phi) is 7.33.